The van der Waals surface area contributed by atoms with E-state index in [1.165, 1.54) is 167 Å². The third kappa shape index (κ3) is 48.4. The van der Waals surface area contributed by atoms with E-state index in [1.807, 2.05) is 27.2 Å². The van der Waals surface area contributed by atoms with E-state index in [0.717, 1.165) is 57.8 Å². The molecule has 9 heteroatoms. The van der Waals surface area contributed by atoms with E-state index in [1.54, 1.807) is 6.08 Å². The molecular weight excluding hydrogens is 816 g/mol. The van der Waals surface area contributed by atoms with Crippen molar-refractivity contribution in [2.24, 2.45) is 0 Å². The Kier molecular flexibility index (Phi) is 45.4. The van der Waals surface area contributed by atoms with Crippen molar-refractivity contribution in [2.45, 2.75) is 257 Å². The zero-order valence-electron chi connectivity index (χ0n) is 42.8. The summed E-state index contributed by atoms with van der Waals surface area (Å²) in [7, 11) is 1.54. The van der Waals surface area contributed by atoms with Gasteiger partial charge in [0.05, 0.1) is 39.9 Å². The Hall–Kier alpha value is -1.54. The normalized spacial score (nSPS) is 14.4. The Labute approximate surface area is 397 Å². The highest BCUT2D eigenvalue weighted by molar-refractivity contribution is 7.47. The maximum absolute atomic E-state index is 12.9. The van der Waals surface area contributed by atoms with Crippen molar-refractivity contribution >= 4 is 13.7 Å². The fourth-order valence-corrected chi connectivity index (χ4v) is 8.45. The van der Waals surface area contributed by atoms with E-state index >= 15 is 0 Å². The summed E-state index contributed by atoms with van der Waals surface area (Å²) in [4.78, 5) is 23.2. The SMILES string of the molecule is CCCCCCCCC/C=C\CCCCCCCC(=O)NC(COP(=O)(O)OCC[N+](C)(C)C)C(O)/C=C/CC/C=C/CC/C=C/CCCCCCCCCCCCCCCCCC. The molecule has 1 amide bonds. The molecule has 0 aliphatic heterocycles. The fraction of sp³-hybridized carbons (Fsp3) is 0.836. The lowest BCUT2D eigenvalue weighted by atomic mass is 10.0. The molecule has 376 valence electrons. The van der Waals surface area contributed by atoms with Crippen LogP contribution >= 0.6 is 7.82 Å². The average molecular weight is 922 g/mol. The van der Waals surface area contributed by atoms with Crippen LogP contribution in [0, 0.1) is 0 Å². The molecule has 0 heterocycles. The molecule has 0 saturated carbocycles. The number of hydrogen-bond donors (Lipinski definition) is 3. The van der Waals surface area contributed by atoms with E-state index in [4.69, 9.17) is 9.05 Å². The molecule has 0 aromatic carbocycles. The van der Waals surface area contributed by atoms with E-state index in [0.29, 0.717) is 17.4 Å². The number of quaternary nitrogens is 1. The van der Waals surface area contributed by atoms with Crippen molar-refractivity contribution in [3.63, 3.8) is 0 Å². The maximum atomic E-state index is 12.9. The van der Waals surface area contributed by atoms with Gasteiger partial charge >= 0.3 is 7.82 Å². The summed E-state index contributed by atoms with van der Waals surface area (Å²) in [6.07, 6.45) is 60.7. The molecule has 3 unspecified atom stereocenters. The van der Waals surface area contributed by atoms with Crippen molar-refractivity contribution in [1.82, 2.24) is 5.32 Å². The van der Waals surface area contributed by atoms with E-state index in [2.05, 4.69) is 55.6 Å². The topological polar surface area (TPSA) is 105 Å². The molecule has 0 aliphatic carbocycles. The van der Waals surface area contributed by atoms with Crippen LogP contribution in [-0.4, -0.2) is 73.4 Å². The van der Waals surface area contributed by atoms with E-state index in [-0.39, 0.29) is 19.1 Å². The highest BCUT2D eigenvalue weighted by Gasteiger charge is 2.27. The number of nitrogens with one attached hydrogen (secondary N) is 1. The third-order valence-electron chi connectivity index (χ3n) is 12.0. The number of carbonyl (C=O) groups is 1. The Balaban J connectivity index is 4.33. The molecule has 0 saturated heterocycles. The summed E-state index contributed by atoms with van der Waals surface area (Å²) in [5, 5.41) is 13.9. The van der Waals surface area contributed by atoms with Gasteiger partial charge in [-0.1, -0.05) is 217 Å². The van der Waals surface area contributed by atoms with Gasteiger partial charge in [0.15, 0.2) is 0 Å². The van der Waals surface area contributed by atoms with Gasteiger partial charge in [-0.25, -0.2) is 4.57 Å². The molecule has 0 aromatic heterocycles. The number of unbranched alkanes of at least 4 members (excludes halogenated alkanes) is 30. The average Bonchev–Trinajstić information content (AvgIpc) is 3.25. The zero-order chi connectivity index (χ0) is 47.1. The Morgan fingerprint density at radius 3 is 1.25 bits per heavy atom. The first-order chi connectivity index (χ1) is 31.0. The van der Waals surface area contributed by atoms with Gasteiger partial charge in [-0.05, 0) is 70.6 Å². The van der Waals surface area contributed by atoms with Crippen LogP contribution in [0.4, 0.5) is 0 Å². The minimum Gasteiger partial charge on any atom is -0.387 e. The number of aliphatic hydroxyl groups excluding tert-OH is 1. The molecule has 0 rings (SSSR count). The van der Waals surface area contributed by atoms with Gasteiger partial charge in [-0.3, -0.25) is 13.8 Å². The van der Waals surface area contributed by atoms with Gasteiger partial charge in [0.25, 0.3) is 0 Å². The molecule has 64 heavy (non-hydrogen) atoms. The van der Waals surface area contributed by atoms with Gasteiger partial charge in [0.2, 0.25) is 5.91 Å². The number of nitrogens with zero attached hydrogens (tertiary/aromatic N) is 1. The lowest BCUT2D eigenvalue weighted by Crippen LogP contribution is -2.45. The van der Waals surface area contributed by atoms with Gasteiger partial charge in [-0.15, -0.1) is 0 Å². The van der Waals surface area contributed by atoms with Gasteiger partial charge in [-0.2, -0.15) is 0 Å². The number of amides is 1. The van der Waals surface area contributed by atoms with Crippen molar-refractivity contribution in [3.05, 3.63) is 48.6 Å². The lowest BCUT2D eigenvalue weighted by Gasteiger charge is -2.25. The Morgan fingerprint density at radius 1 is 0.516 bits per heavy atom. The van der Waals surface area contributed by atoms with Crippen molar-refractivity contribution in [2.75, 3.05) is 40.9 Å². The number of rotatable bonds is 49. The number of phosphoric acid groups is 1. The number of hydrogen-bond acceptors (Lipinski definition) is 5. The highest BCUT2D eigenvalue weighted by Crippen LogP contribution is 2.43. The number of allylic oxidation sites excluding steroid dienone is 7. The number of aliphatic hydroxyl groups is 1. The van der Waals surface area contributed by atoms with Crippen LogP contribution in [-0.2, 0) is 18.4 Å². The van der Waals surface area contributed by atoms with Crippen LogP contribution in [0.2, 0.25) is 0 Å². The fourth-order valence-electron chi connectivity index (χ4n) is 7.72. The van der Waals surface area contributed by atoms with Crippen LogP contribution in [0.15, 0.2) is 48.6 Å². The molecule has 3 atom stereocenters. The Morgan fingerprint density at radius 2 is 0.859 bits per heavy atom. The molecular formula is C55H106N2O6P+. The van der Waals surface area contributed by atoms with Gasteiger partial charge < -0.3 is 19.8 Å². The minimum absolute atomic E-state index is 0.0513. The summed E-state index contributed by atoms with van der Waals surface area (Å²) < 4.78 is 23.6. The molecule has 0 bridgehead atoms. The Bertz CT molecular complexity index is 1180. The van der Waals surface area contributed by atoms with Crippen LogP contribution in [0.5, 0.6) is 0 Å². The smallest absolute Gasteiger partial charge is 0.387 e. The standard InChI is InChI=1S/C55H105N2O6P/c1-6-8-10-12-14-16-18-20-22-24-25-26-27-28-29-30-31-32-33-34-36-38-40-42-44-46-48-54(58)53(52-63-64(60,61)62-51-50-57(3,4)5)56-55(59)49-47-45-43-41-39-37-35-23-21-19-17-15-13-11-9-7-2/h23,32-33,35,38,40,46,48,53-54,58H,6-22,24-31,34,36-37,39,41-45,47,49-52H2,1-5H3,(H-,56,59,60,61)/p+1/b33-32+,35-23-,40-38+,48-46+. The van der Waals surface area contributed by atoms with Crippen LogP contribution in [0.1, 0.15) is 245 Å². The summed E-state index contributed by atoms with van der Waals surface area (Å²) in [5.41, 5.74) is 0. The maximum Gasteiger partial charge on any atom is 0.472 e. The van der Waals surface area contributed by atoms with Gasteiger partial charge in [0, 0.05) is 6.42 Å². The first-order valence-corrected chi connectivity index (χ1v) is 28.5. The van der Waals surface area contributed by atoms with E-state index in [9.17, 15) is 19.4 Å². The third-order valence-corrected chi connectivity index (χ3v) is 13.0. The van der Waals surface area contributed by atoms with Crippen LogP contribution in [0.25, 0.3) is 0 Å². The number of phosphoric ester groups is 1. The number of likely N-dealkylation sites (N-methyl/N-ethyl adjacent to an activating group) is 1. The summed E-state index contributed by atoms with van der Waals surface area (Å²) in [6.45, 7) is 4.79. The first-order valence-electron chi connectivity index (χ1n) is 27.0. The zero-order valence-corrected chi connectivity index (χ0v) is 43.7. The van der Waals surface area contributed by atoms with Crippen LogP contribution < -0.4 is 5.32 Å². The molecule has 0 aliphatic rings. The summed E-state index contributed by atoms with van der Waals surface area (Å²) in [6, 6.07) is -0.874. The second kappa shape index (κ2) is 46.6. The lowest BCUT2D eigenvalue weighted by molar-refractivity contribution is -0.870. The molecule has 0 aromatic rings. The monoisotopic (exact) mass is 922 g/mol. The predicted molar refractivity (Wildman–Crippen MR) is 277 cm³/mol. The molecule has 0 spiro atoms. The first kappa shape index (κ1) is 62.5. The molecule has 0 fully saturated rings. The van der Waals surface area contributed by atoms with Crippen molar-refractivity contribution in [3.8, 4) is 0 Å². The van der Waals surface area contributed by atoms with Crippen molar-refractivity contribution < 1.29 is 32.9 Å². The molecule has 8 nitrogen and oxygen atoms in total. The van der Waals surface area contributed by atoms with Crippen molar-refractivity contribution in [1.29, 1.82) is 0 Å². The van der Waals surface area contributed by atoms with Crippen LogP contribution in [0.3, 0.4) is 0 Å². The second-order valence-electron chi connectivity index (χ2n) is 19.6. The molecule has 0 radical (unpaired) electrons. The number of carbonyl (C=O) groups excluding carboxylic acids is 1. The second-order valence-corrected chi connectivity index (χ2v) is 21.0. The molecule has 3 N–H and O–H groups in total. The highest BCUT2D eigenvalue weighted by atomic mass is 31.2. The largest absolute Gasteiger partial charge is 0.472 e. The predicted octanol–water partition coefficient (Wildman–Crippen LogP) is 16.0. The quantitative estimate of drug-likeness (QED) is 0.0243. The summed E-state index contributed by atoms with van der Waals surface area (Å²) >= 11 is 0. The van der Waals surface area contributed by atoms with Gasteiger partial charge in [0.1, 0.15) is 13.2 Å². The van der Waals surface area contributed by atoms with E-state index < -0.39 is 20.0 Å². The minimum atomic E-state index is -4.36. The summed E-state index contributed by atoms with van der Waals surface area (Å²) in [5.74, 6) is -0.199.